The summed E-state index contributed by atoms with van der Waals surface area (Å²) in [7, 11) is 0. The number of amides is 1. The van der Waals surface area contributed by atoms with Crippen LogP contribution in [0.4, 0.5) is 5.69 Å². The van der Waals surface area contributed by atoms with Gasteiger partial charge in [0.1, 0.15) is 0 Å². The Kier molecular flexibility index (Phi) is 4.11. The SMILES string of the molecule is O=C(NC(=S)Nc1ccc(Br)cc1)c1ccco1. The number of carbonyl (C=O) groups is 1. The van der Waals surface area contributed by atoms with Crippen LogP contribution in [0.25, 0.3) is 0 Å². The van der Waals surface area contributed by atoms with Crippen LogP contribution in [-0.4, -0.2) is 11.0 Å². The molecule has 2 aromatic rings. The molecular formula is C12H9BrN2O2S. The molecule has 92 valence electrons. The predicted molar refractivity (Wildman–Crippen MR) is 76.5 cm³/mol. The van der Waals surface area contributed by atoms with Crippen molar-refractivity contribution in [2.24, 2.45) is 0 Å². The smallest absolute Gasteiger partial charge is 0.293 e. The van der Waals surface area contributed by atoms with E-state index < -0.39 is 0 Å². The molecule has 2 rings (SSSR count). The van der Waals surface area contributed by atoms with Crippen molar-refractivity contribution in [2.45, 2.75) is 0 Å². The topological polar surface area (TPSA) is 54.3 Å². The summed E-state index contributed by atoms with van der Waals surface area (Å²) < 4.78 is 5.93. The van der Waals surface area contributed by atoms with Crippen molar-refractivity contribution in [3.63, 3.8) is 0 Å². The Morgan fingerprint density at radius 1 is 1.22 bits per heavy atom. The lowest BCUT2D eigenvalue weighted by Crippen LogP contribution is -2.33. The minimum absolute atomic E-state index is 0.218. The highest BCUT2D eigenvalue weighted by Gasteiger charge is 2.09. The minimum atomic E-state index is -0.380. The zero-order valence-corrected chi connectivity index (χ0v) is 11.5. The number of halogens is 1. The lowest BCUT2D eigenvalue weighted by molar-refractivity contribution is 0.0950. The van der Waals surface area contributed by atoms with Gasteiger partial charge < -0.3 is 9.73 Å². The molecular weight excluding hydrogens is 316 g/mol. The molecule has 4 nitrogen and oxygen atoms in total. The molecule has 0 bridgehead atoms. The molecule has 6 heteroatoms. The molecule has 1 heterocycles. The highest BCUT2D eigenvalue weighted by Crippen LogP contribution is 2.13. The molecule has 0 aliphatic carbocycles. The lowest BCUT2D eigenvalue weighted by atomic mass is 10.3. The average Bonchev–Trinajstić information content (AvgIpc) is 2.85. The van der Waals surface area contributed by atoms with E-state index >= 15 is 0 Å². The maximum absolute atomic E-state index is 11.6. The van der Waals surface area contributed by atoms with Crippen LogP contribution in [0, 0.1) is 0 Å². The second-order valence-corrected chi connectivity index (χ2v) is 4.72. The van der Waals surface area contributed by atoms with E-state index in [4.69, 9.17) is 16.6 Å². The summed E-state index contributed by atoms with van der Waals surface area (Å²) in [5.74, 6) is -0.162. The molecule has 0 aliphatic heterocycles. The van der Waals surface area contributed by atoms with Crippen LogP contribution < -0.4 is 10.6 Å². The number of anilines is 1. The summed E-state index contributed by atoms with van der Waals surface area (Å²) in [4.78, 5) is 11.6. The largest absolute Gasteiger partial charge is 0.459 e. The van der Waals surface area contributed by atoms with Gasteiger partial charge in [-0.3, -0.25) is 10.1 Å². The molecule has 0 saturated carbocycles. The first kappa shape index (κ1) is 12.8. The van der Waals surface area contributed by atoms with E-state index in [9.17, 15) is 4.79 Å². The number of furan rings is 1. The fraction of sp³-hybridized carbons (Fsp3) is 0. The number of benzene rings is 1. The average molecular weight is 325 g/mol. The summed E-state index contributed by atoms with van der Waals surface area (Å²) in [6.45, 7) is 0. The molecule has 1 aromatic heterocycles. The summed E-state index contributed by atoms with van der Waals surface area (Å²) in [6, 6.07) is 10.6. The fourth-order valence-electron chi connectivity index (χ4n) is 1.27. The summed E-state index contributed by atoms with van der Waals surface area (Å²) in [6.07, 6.45) is 1.43. The van der Waals surface area contributed by atoms with Crippen LogP contribution in [0.15, 0.2) is 51.6 Å². The summed E-state index contributed by atoms with van der Waals surface area (Å²) in [5, 5.41) is 5.64. The minimum Gasteiger partial charge on any atom is -0.459 e. The molecule has 0 aliphatic rings. The van der Waals surface area contributed by atoms with E-state index in [-0.39, 0.29) is 16.8 Å². The Morgan fingerprint density at radius 2 is 1.94 bits per heavy atom. The van der Waals surface area contributed by atoms with E-state index in [1.807, 2.05) is 24.3 Å². The molecule has 1 amide bonds. The van der Waals surface area contributed by atoms with Crippen LogP contribution in [0.1, 0.15) is 10.6 Å². The molecule has 0 radical (unpaired) electrons. The number of hydrogen-bond donors (Lipinski definition) is 2. The van der Waals surface area contributed by atoms with Gasteiger partial charge in [-0.1, -0.05) is 15.9 Å². The van der Waals surface area contributed by atoms with Crippen molar-refractivity contribution in [2.75, 3.05) is 5.32 Å². The van der Waals surface area contributed by atoms with Crippen molar-refractivity contribution in [3.05, 3.63) is 52.9 Å². The van der Waals surface area contributed by atoms with E-state index in [1.165, 1.54) is 6.26 Å². The van der Waals surface area contributed by atoms with Gasteiger partial charge in [-0.2, -0.15) is 0 Å². The number of rotatable bonds is 2. The number of thiocarbonyl (C=S) groups is 1. The third-order valence-electron chi connectivity index (χ3n) is 2.07. The van der Waals surface area contributed by atoms with Crippen molar-refractivity contribution >= 4 is 44.9 Å². The predicted octanol–water partition coefficient (Wildman–Crippen LogP) is 3.17. The molecule has 0 atom stereocenters. The van der Waals surface area contributed by atoms with E-state index in [0.717, 1.165) is 10.2 Å². The summed E-state index contributed by atoms with van der Waals surface area (Å²) in [5.41, 5.74) is 0.794. The van der Waals surface area contributed by atoms with Gasteiger partial charge in [0, 0.05) is 10.2 Å². The Hall–Kier alpha value is -1.66. The van der Waals surface area contributed by atoms with Crippen molar-refractivity contribution in [1.29, 1.82) is 0 Å². The first-order chi connectivity index (χ1) is 8.65. The Morgan fingerprint density at radius 3 is 2.56 bits per heavy atom. The highest BCUT2D eigenvalue weighted by molar-refractivity contribution is 9.10. The van der Waals surface area contributed by atoms with Crippen LogP contribution >= 0.6 is 28.1 Å². The maximum Gasteiger partial charge on any atom is 0.293 e. The van der Waals surface area contributed by atoms with Gasteiger partial charge in [0.05, 0.1) is 6.26 Å². The normalized spacial score (nSPS) is 9.83. The second-order valence-electron chi connectivity index (χ2n) is 3.39. The standard InChI is InChI=1S/C12H9BrN2O2S/c13-8-3-5-9(6-4-8)14-12(18)15-11(16)10-2-1-7-17-10/h1-7H,(H2,14,15,16,18). The van der Waals surface area contributed by atoms with Gasteiger partial charge in [0.2, 0.25) is 0 Å². The van der Waals surface area contributed by atoms with Crippen LogP contribution in [0.2, 0.25) is 0 Å². The molecule has 18 heavy (non-hydrogen) atoms. The van der Waals surface area contributed by atoms with Gasteiger partial charge in [-0.25, -0.2) is 0 Å². The van der Waals surface area contributed by atoms with Crippen molar-refractivity contribution in [1.82, 2.24) is 5.32 Å². The van der Waals surface area contributed by atoms with Crippen molar-refractivity contribution < 1.29 is 9.21 Å². The number of carbonyl (C=O) groups excluding carboxylic acids is 1. The third-order valence-corrected chi connectivity index (χ3v) is 2.81. The third kappa shape index (κ3) is 3.41. The molecule has 0 fully saturated rings. The monoisotopic (exact) mass is 324 g/mol. The van der Waals surface area contributed by atoms with Gasteiger partial charge in [-0.05, 0) is 48.6 Å². The lowest BCUT2D eigenvalue weighted by Gasteiger charge is -2.08. The molecule has 0 unspecified atom stereocenters. The Bertz CT molecular complexity index is 552. The second kappa shape index (κ2) is 5.79. The fourth-order valence-corrected chi connectivity index (χ4v) is 1.74. The van der Waals surface area contributed by atoms with Gasteiger partial charge >= 0.3 is 0 Å². The Balaban J connectivity index is 1.93. The molecule has 0 spiro atoms. The number of nitrogens with one attached hydrogen (secondary N) is 2. The first-order valence-electron chi connectivity index (χ1n) is 5.06. The quantitative estimate of drug-likeness (QED) is 0.833. The molecule has 0 saturated heterocycles. The van der Waals surface area contributed by atoms with Gasteiger partial charge in [0.15, 0.2) is 10.9 Å². The highest BCUT2D eigenvalue weighted by atomic mass is 79.9. The maximum atomic E-state index is 11.6. The van der Waals surface area contributed by atoms with Crippen LogP contribution in [0.3, 0.4) is 0 Å². The van der Waals surface area contributed by atoms with Crippen molar-refractivity contribution in [3.8, 4) is 0 Å². The Labute approximate surface area is 118 Å². The van der Waals surface area contributed by atoms with Crippen LogP contribution in [0.5, 0.6) is 0 Å². The van der Waals surface area contributed by atoms with Gasteiger partial charge in [-0.15, -0.1) is 0 Å². The molecule has 1 aromatic carbocycles. The van der Waals surface area contributed by atoms with Gasteiger partial charge in [0.25, 0.3) is 5.91 Å². The van der Waals surface area contributed by atoms with E-state index in [0.29, 0.717) is 0 Å². The van der Waals surface area contributed by atoms with Crippen LogP contribution in [-0.2, 0) is 0 Å². The summed E-state index contributed by atoms with van der Waals surface area (Å²) >= 11 is 8.36. The van der Waals surface area contributed by atoms with E-state index in [1.54, 1.807) is 12.1 Å². The van der Waals surface area contributed by atoms with E-state index in [2.05, 4.69) is 26.6 Å². The zero-order chi connectivity index (χ0) is 13.0. The number of hydrogen-bond acceptors (Lipinski definition) is 3. The first-order valence-corrected chi connectivity index (χ1v) is 6.27. The zero-order valence-electron chi connectivity index (χ0n) is 9.14. The molecule has 2 N–H and O–H groups in total.